The molecule has 53 heavy (non-hydrogen) atoms. The van der Waals surface area contributed by atoms with Crippen LogP contribution in [-0.4, -0.2) is 24.5 Å². The summed E-state index contributed by atoms with van der Waals surface area (Å²) in [5.74, 6) is 1.91. The maximum absolute atomic E-state index is 6.34. The highest BCUT2D eigenvalue weighted by Crippen LogP contribution is 2.40. The summed E-state index contributed by atoms with van der Waals surface area (Å²) in [6.45, 7) is 0. The van der Waals surface area contributed by atoms with Gasteiger partial charge in [-0.1, -0.05) is 109 Å². The van der Waals surface area contributed by atoms with Crippen LogP contribution >= 0.6 is 11.3 Å². The normalized spacial score (nSPS) is 11.8. The zero-order valence-corrected chi connectivity index (χ0v) is 29.0. The van der Waals surface area contributed by atoms with Gasteiger partial charge in [0.25, 0.3) is 0 Å². The van der Waals surface area contributed by atoms with E-state index in [-0.39, 0.29) is 0 Å². The predicted molar refractivity (Wildman–Crippen MR) is 216 cm³/mol. The fourth-order valence-electron chi connectivity index (χ4n) is 7.37. The highest BCUT2D eigenvalue weighted by molar-refractivity contribution is 7.21. The number of furan rings is 1. The number of benzene rings is 7. The molecule has 0 saturated heterocycles. The topological polar surface area (TPSA) is 69.6 Å². The van der Waals surface area contributed by atoms with Gasteiger partial charge < -0.3 is 8.98 Å². The molecule has 248 valence electrons. The van der Waals surface area contributed by atoms with Crippen molar-refractivity contribution in [2.24, 2.45) is 0 Å². The first-order valence-corrected chi connectivity index (χ1v) is 18.3. The average molecular weight is 698 g/mol. The van der Waals surface area contributed by atoms with Gasteiger partial charge in [0.15, 0.2) is 17.5 Å². The first kappa shape index (κ1) is 29.7. The summed E-state index contributed by atoms with van der Waals surface area (Å²) in [4.78, 5) is 19.8. The van der Waals surface area contributed by atoms with Gasteiger partial charge >= 0.3 is 0 Å². The van der Waals surface area contributed by atoms with Gasteiger partial charge in [-0.05, 0) is 48.5 Å². The van der Waals surface area contributed by atoms with Crippen molar-refractivity contribution in [3.05, 3.63) is 164 Å². The minimum atomic E-state index is 0.626. The summed E-state index contributed by atoms with van der Waals surface area (Å²) in [6, 6.07) is 56.3. The average Bonchev–Trinajstić information content (AvgIpc) is 3.92. The van der Waals surface area contributed by atoms with E-state index in [4.69, 9.17) is 24.4 Å². The van der Waals surface area contributed by atoms with Crippen molar-refractivity contribution < 1.29 is 4.42 Å². The number of nitrogens with zero attached hydrogens (tertiary/aromatic N) is 5. The van der Waals surface area contributed by atoms with Crippen molar-refractivity contribution in [1.29, 1.82) is 0 Å². The lowest BCUT2D eigenvalue weighted by Gasteiger charge is -2.09. The van der Waals surface area contributed by atoms with Gasteiger partial charge in [0.2, 0.25) is 0 Å². The molecule has 0 aliphatic carbocycles. The van der Waals surface area contributed by atoms with Gasteiger partial charge in [-0.25, -0.2) is 19.9 Å². The predicted octanol–water partition coefficient (Wildman–Crippen LogP) is 12.1. The van der Waals surface area contributed by atoms with Crippen LogP contribution in [0.25, 0.3) is 104 Å². The number of aromatic nitrogens is 5. The van der Waals surface area contributed by atoms with Crippen LogP contribution in [0.4, 0.5) is 0 Å². The van der Waals surface area contributed by atoms with Crippen LogP contribution in [0.15, 0.2) is 168 Å². The molecule has 11 aromatic rings. The molecule has 0 radical (unpaired) electrons. The molecule has 0 bridgehead atoms. The third kappa shape index (κ3) is 4.93. The van der Waals surface area contributed by atoms with Gasteiger partial charge in [-0.3, -0.25) is 0 Å². The zero-order chi connectivity index (χ0) is 34.9. The third-order valence-corrected chi connectivity index (χ3v) is 10.9. The Morgan fingerprint density at radius 3 is 1.85 bits per heavy atom. The highest BCUT2D eigenvalue weighted by Gasteiger charge is 2.18. The largest absolute Gasteiger partial charge is 0.456 e. The van der Waals surface area contributed by atoms with Crippen molar-refractivity contribution in [3.63, 3.8) is 0 Å². The van der Waals surface area contributed by atoms with E-state index in [9.17, 15) is 0 Å². The molecule has 0 aliphatic heterocycles. The van der Waals surface area contributed by atoms with Gasteiger partial charge in [0.05, 0.1) is 21.3 Å². The Labute approximate surface area is 307 Å². The molecule has 0 atom stereocenters. The number of hydrogen-bond acceptors (Lipinski definition) is 6. The first-order chi connectivity index (χ1) is 26.2. The van der Waals surface area contributed by atoms with Crippen molar-refractivity contribution in [2.45, 2.75) is 0 Å². The van der Waals surface area contributed by atoms with Crippen molar-refractivity contribution in [3.8, 4) is 50.4 Å². The number of thiazole rings is 1. The van der Waals surface area contributed by atoms with Gasteiger partial charge in [-0.2, -0.15) is 0 Å². The number of rotatable bonds is 5. The number of para-hydroxylation sites is 2. The fourth-order valence-corrected chi connectivity index (χ4v) is 8.37. The molecule has 4 aromatic heterocycles. The van der Waals surface area contributed by atoms with Crippen LogP contribution in [0, 0.1) is 0 Å². The van der Waals surface area contributed by atoms with Gasteiger partial charge in [-0.15, -0.1) is 11.3 Å². The fraction of sp³-hybridized carbons (Fsp3) is 0. The SMILES string of the molecule is c1ccc(-c2nc(-c3ccccc3)nc(-c3ccc4nc(-c5cccc(-n6c7ccccc7c7cc8c(cc76)oc6ccccc68)c5)sc4c3)n2)cc1. The van der Waals surface area contributed by atoms with Crippen LogP contribution in [0.3, 0.4) is 0 Å². The summed E-state index contributed by atoms with van der Waals surface area (Å²) in [5, 5.41) is 5.61. The van der Waals surface area contributed by atoms with E-state index in [1.54, 1.807) is 11.3 Å². The first-order valence-electron chi connectivity index (χ1n) is 17.5. The van der Waals surface area contributed by atoms with E-state index < -0.39 is 0 Å². The maximum Gasteiger partial charge on any atom is 0.164 e. The Morgan fingerprint density at radius 2 is 1.08 bits per heavy atom. The molecule has 7 aromatic carbocycles. The molecule has 0 N–H and O–H groups in total. The molecule has 6 nitrogen and oxygen atoms in total. The number of hydrogen-bond donors (Lipinski definition) is 0. The van der Waals surface area contributed by atoms with Crippen molar-refractivity contribution >= 4 is 65.3 Å². The quantitative estimate of drug-likeness (QED) is 0.179. The molecule has 7 heteroatoms. The monoisotopic (exact) mass is 697 g/mol. The van der Waals surface area contributed by atoms with Crippen LogP contribution in [0.1, 0.15) is 0 Å². The summed E-state index contributed by atoms with van der Waals surface area (Å²) in [7, 11) is 0. The van der Waals surface area contributed by atoms with Crippen LogP contribution < -0.4 is 0 Å². The van der Waals surface area contributed by atoms with Gasteiger partial charge in [0.1, 0.15) is 16.2 Å². The molecule has 0 spiro atoms. The van der Waals surface area contributed by atoms with Gasteiger partial charge in [0, 0.05) is 55.6 Å². The third-order valence-electron chi connectivity index (χ3n) is 9.87. The van der Waals surface area contributed by atoms with Crippen LogP contribution in [0.5, 0.6) is 0 Å². The van der Waals surface area contributed by atoms with E-state index in [0.29, 0.717) is 17.5 Å². The molecule has 0 aliphatic rings. The summed E-state index contributed by atoms with van der Waals surface area (Å²) in [6.07, 6.45) is 0. The second kappa shape index (κ2) is 11.8. The molecule has 11 rings (SSSR count). The van der Waals surface area contributed by atoms with E-state index in [0.717, 1.165) is 76.1 Å². The number of fused-ring (bicyclic) bond motifs is 7. The molecular weight excluding hydrogens is 671 g/mol. The molecular formula is C46H27N5OS. The Bertz CT molecular complexity index is 3120. The Morgan fingerprint density at radius 1 is 0.415 bits per heavy atom. The van der Waals surface area contributed by atoms with Crippen LogP contribution in [-0.2, 0) is 0 Å². The Kier molecular flexibility index (Phi) is 6.62. The highest BCUT2D eigenvalue weighted by atomic mass is 32.1. The molecule has 4 heterocycles. The lowest BCUT2D eigenvalue weighted by atomic mass is 10.1. The van der Waals surface area contributed by atoms with Crippen molar-refractivity contribution in [2.75, 3.05) is 0 Å². The molecule has 0 saturated carbocycles. The van der Waals surface area contributed by atoms with E-state index in [1.165, 1.54) is 10.8 Å². The molecule has 0 fully saturated rings. The smallest absolute Gasteiger partial charge is 0.164 e. The lowest BCUT2D eigenvalue weighted by Crippen LogP contribution is -1.99. The van der Waals surface area contributed by atoms with E-state index in [1.807, 2.05) is 72.8 Å². The van der Waals surface area contributed by atoms with Crippen LogP contribution in [0.2, 0.25) is 0 Å². The van der Waals surface area contributed by atoms with E-state index >= 15 is 0 Å². The lowest BCUT2D eigenvalue weighted by molar-refractivity contribution is 0.669. The second-order valence-electron chi connectivity index (χ2n) is 13.1. The molecule has 0 unspecified atom stereocenters. The summed E-state index contributed by atoms with van der Waals surface area (Å²) < 4.78 is 9.74. The zero-order valence-electron chi connectivity index (χ0n) is 28.1. The Balaban J connectivity index is 1.02. The maximum atomic E-state index is 6.34. The van der Waals surface area contributed by atoms with Crippen molar-refractivity contribution in [1.82, 2.24) is 24.5 Å². The minimum Gasteiger partial charge on any atom is -0.456 e. The molecule has 0 amide bonds. The standard InChI is InChI=1S/C46H27N5OS/c1-3-12-28(13-4-1)43-48-44(29-14-5-2-6-15-29)50-45(49-43)30-22-23-37-42(25-30)53-46(47-37)31-16-11-17-32(24-31)51-38-20-9-7-18-33(38)35-26-36-34-19-8-10-21-40(34)52-41(36)27-39(35)51/h1-27H. The second-order valence-corrected chi connectivity index (χ2v) is 14.1. The van der Waals surface area contributed by atoms with E-state index in [2.05, 4.69) is 95.6 Å². The summed E-state index contributed by atoms with van der Waals surface area (Å²) >= 11 is 1.67. The minimum absolute atomic E-state index is 0.626. The summed E-state index contributed by atoms with van der Waals surface area (Å²) in [5.41, 5.74) is 9.89. The Hall–Kier alpha value is -6.96.